The maximum absolute atomic E-state index is 13.8. The van der Waals surface area contributed by atoms with E-state index in [1.807, 2.05) is 65.6 Å². The number of aromatic nitrogens is 1. The van der Waals surface area contributed by atoms with Gasteiger partial charge in [-0.15, -0.1) is 0 Å². The highest BCUT2D eigenvalue weighted by molar-refractivity contribution is 6.30. The van der Waals surface area contributed by atoms with Gasteiger partial charge in [0.05, 0.1) is 12.2 Å². The van der Waals surface area contributed by atoms with Crippen molar-refractivity contribution in [1.29, 1.82) is 0 Å². The molecule has 0 aliphatic carbocycles. The number of hydrogen-bond acceptors (Lipinski definition) is 4. The first-order valence-electron chi connectivity index (χ1n) is 12.1. The van der Waals surface area contributed by atoms with Crippen molar-refractivity contribution in [3.05, 3.63) is 101 Å². The average Bonchev–Trinajstić information content (AvgIpc) is 3.07. The second kappa shape index (κ2) is 10.2. The monoisotopic (exact) mass is 488 g/mol. The Morgan fingerprint density at radius 3 is 2.23 bits per heavy atom. The number of benzene rings is 2. The molecule has 0 saturated carbocycles. The van der Waals surface area contributed by atoms with Crippen molar-refractivity contribution in [2.75, 3.05) is 19.6 Å². The first kappa shape index (κ1) is 23.5. The predicted molar refractivity (Wildman–Crippen MR) is 136 cm³/mol. The van der Waals surface area contributed by atoms with Crippen LogP contribution in [0.2, 0.25) is 5.02 Å². The van der Waals surface area contributed by atoms with E-state index in [9.17, 15) is 9.59 Å². The van der Waals surface area contributed by atoms with Crippen LogP contribution in [0.5, 0.6) is 0 Å². The smallest absolute Gasteiger partial charge is 0.309 e. The molecule has 2 aromatic carbocycles. The van der Waals surface area contributed by atoms with Crippen LogP contribution >= 0.6 is 11.6 Å². The highest BCUT2D eigenvalue weighted by atomic mass is 35.5. The summed E-state index contributed by atoms with van der Waals surface area (Å²) in [6, 6.07) is 23.4. The number of carbonyl (C=O) groups excluding carboxylic acids is 2. The zero-order chi connectivity index (χ0) is 24.3. The van der Waals surface area contributed by atoms with E-state index in [0.29, 0.717) is 25.8 Å². The molecule has 2 saturated heterocycles. The quantitative estimate of drug-likeness (QED) is 0.449. The van der Waals surface area contributed by atoms with Gasteiger partial charge in [0, 0.05) is 37.4 Å². The number of likely N-dealkylation sites (tertiary alicyclic amines) is 1. The van der Waals surface area contributed by atoms with Gasteiger partial charge in [0.15, 0.2) is 0 Å². The Morgan fingerprint density at radius 1 is 0.829 bits per heavy atom. The summed E-state index contributed by atoms with van der Waals surface area (Å²) in [4.78, 5) is 37.4. The lowest BCUT2D eigenvalue weighted by Crippen LogP contribution is -2.56. The van der Waals surface area contributed by atoms with Crippen LogP contribution < -0.4 is 0 Å². The Balaban J connectivity index is 1.34. The molecule has 6 nitrogen and oxygen atoms in total. The van der Waals surface area contributed by atoms with Gasteiger partial charge in [-0.3, -0.25) is 19.6 Å². The van der Waals surface area contributed by atoms with Crippen LogP contribution in [0.1, 0.15) is 29.7 Å². The standard InChI is InChI=1S/C28H29ClN4O2/c29-24-11-9-23(10-12-24)20-31-18-14-28(15-19-31)26(34)32(21-25-8-4-5-16-30-25)27(35)33(28)17-13-22-6-2-1-3-7-22/h1-12,16H,13-15,17-21H2. The Labute approximate surface area is 211 Å². The molecule has 1 aromatic heterocycles. The predicted octanol–water partition coefficient (Wildman–Crippen LogP) is 4.78. The van der Waals surface area contributed by atoms with Gasteiger partial charge >= 0.3 is 6.03 Å². The third-order valence-electron chi connectivity index (χ3n) is 7.14. The Hall–Kier alpha value is -3.22. The van der Waals surface area contributed by atoms with Crippen LogP contribution in [0.3, 0.4) is 0 Å². The fraction of sp³-hybridized carbons (Fsp3) is 0.321. The first-order chi connectivity index (χ1) is 17.0. The van der Waals surface area contributed by atoms with Crippen LogP contribution in [0, 0.1) is 0 Å². The van der Waals surface area contributed by atoms with Gasteiger partial charge in [-0.2, -0.15) is 0 Å². The fourth-order valence-corrected chi connectivity index (χ4v) is 5.31. The van der Waals surface area contributed by atoms with E-state index in [2.05, 4.69) is 22.0 Å². The fourth-order valence-electron chi connectivity index (χ4n) is 5.18. The van der Waals surface area contributed by atoms with E-state index in [1.54, 1.807) is 6.20 Å². The number of urea groups is 1. The second-order valence-corrected chi connectivity index (χ2v) is 9.75. The Morgan fingerprint density at radius 2 is 1.54 bits per heavy atom. The molecule has 180 valence electrons. The first-order valence-corrected chi connectivity index (χ1v) is 12.5. The number of piperidine rings is 1. The molecule has 0 bridgehead atoms. The van der Waals surface area contributed by atoms with Crippen molar-refractivity contribution < 1.29 is 9.59 Å². The molecule has 2 aliphatic rings. The molecule has 35 heavy (non-hydrogen) atoms. The summed E-state index contributed by atoms with van der Waals surface area (Å²) >= 11 is 6.03. The summed E-state index contributed by atoms with van der Waals surface area (Å²) in [5.41, 5.74) is 2.27. The van der Waals surface area contributed by atoms with Crippen molar-refractivity contribution in [1.82, 2.24) is 19.7 Å². The van der Waals surface area contributed by atoms with E-state index in [-0.39, 0.29) is 18.5 Å². The number of halogens is 1. The van der Waals surface area contributed by atoms with Gasteiger partial charge in [0.25, 0.3) is 5.91 Å². The van der Waals surface area contributed by atoms with E-state index >= 15 is 0 Å². The highest BCUT2D eigenvalue weighted by Gasteiger charge is 2.57. The van der Waals surface area contributed by atoms with Crippen molar-refractivity contribution in [3.63, 3.8) is 0 Å². The summed E-state index contributed by atoms with van der Waals surface area (Å²) in [6.45, 7) is 3.03. The molecule has 0 N–H and O–H groups in total. The normalized spacial score (nSPS) is 18.0. The topological polar surface area (TPSA) is 56.8 Å². The number of nitrogens with zero attached hydrogens (tertiary/aromatic N) is 4. The average molecular weight is 489 g/mol. The molecule has 3 heterocycles. The minimum Gasteiger partial charge on any atom is -0.309 e. The van der Waals surface area contributed by atoms with E-state index < -0.39 is 5.54 Å². The van der Waals surface area contributed by atoms with Crippen LogP contribution in [0.25, 0.3) is 0 Å². The summed E-state index contributed by atoms with van der Waals surface area (Å²) in [5.74, 6) is -0.0904. The number of pyridine rings is 1. The Bertz CT molecular complexity index is 1160. The molecule has 1 spiro atoms. The highest BCUT2D eigenvalue weighted by Crippen LogP contribution is 2.38. The summed E-state index contributed by atoms with van der Waals surface area (Å²) in [6.07, 6.45) is 3.66. The lowest BCUT2D eigenvalue weighted by atomic mass is 9.85. The third kappa shape index (κ3) is 4.95. The molecule has 3 aromatic rings. The molecule has 0 atom stereocenters. The summed E-state index contributed by atoms with van der Waals surface area (Å²) in [5, 5.41) is 0.725. The van der Waals surface area contributed by atoms with Gasteiger partial charge in [0.2, 0.25) is 0 Å². The van der Waals surface area contributed by atoms with Crippen LogP contribution in [-0.2, 0) is 24.3 Å². The molecular formula is C28H29ClN4O2. The SMILES string of the molecule is O=C1N(Cc2ccccn2)C(=O)C2(CCN(Cc3ccc(Cl)cc3)CC2)N1CCc1ccccc1. The minimum absolute atomic E-state index is 0.0904. The maximum Gasteiger partial charge on any atom is 0.328 e. The molecule has 0 unspecified atom stereocenters. The van der Waals surface area contributed by atoms with Crippen molar-refractivity contribution >= 4 is 23.5 Å². The number of carbonyl (C=O) groups is 2. The third-order valence-corrected chi connectivity index (χ3v) is 7.39. The molecule has 0 radical (unpaired) electrons. The molecule has 2 aliphatic heterocycles. The van der Waals surface area contributed by atoms with Crippen LogP contribution in [0.4, 0.5) is 4.79 Å². The summed E-state index contributed by atoms with van der Waals surface area (Å²) in [7, 11) is 0. The summed E-state index contributed by atoms with van der Waals surface area (Å²) < 4.78 is 0. The lowest BCUT2D eigenvalue weighted by Gasteiger charge is -2.42. The lowest BCUT2D eigenvalue weighted by molar-refractivity contribution is -0.136. The molecule has 7 heteroatoms. The van der Waals surface area contributed by atoms with Crippen molar-refractivity contribution in [2.45, 2.75) is 37.9 Å². The van der Waals surface area contributed by atoms with Crippen molar-refractivity contribution in [3.8, 4) is 0 Å². The van der Waals surface area contributed by atoms with E-state index in [1.165, 1.54) is 10.5 Å². The van der Waals surface area contributed by atoms with Gasteiger partial charge < -0.3 is 4.90 Å². The van der Waals surface area contributed by atoms with Gasteiger partial charge in [-0.25, -0.2) is 4.79 Å². The largest absolute Gasteiger partial charge is 0.328 e. The van der Waals surface area contributed by atoms with E-state index in [0.717, 1.165) is 35.9 Å². The van der Waals surface area contributed by atoms with E-state index in [4.69, 9.17) is 11.6 Å². The van der Waals surface area contributed by atoms with Gasteiger partial charge in [-0.1, -0.05) is 60.1 Å². The molecule has 5 rings (SSSR count). The second-order valence-electron chi connectivity index (χ2n) is 9.32. The number of rotatable bonds is 7. The van der Waals surface area contributed by atoms with Gasteiger partial charge in [-0.05, 0) is 54.7 Å². The number of imide groups is 1. The Kier molecular flexibility index (Phi) is 6.84. The molecule has 2 fully saturated rings. The molecule has 3 amide bonds. The van der Waals surface area contributed by atoms with Crippen molar-refractivity contribution in [2.24, 2.45) is 0 Å². The minimum atomic E-state index is -0.795. The zero-order valence-corrected chi connectivity index (χ0v) is 20.4. The zero-order valence-electron chi connectivity index (χ0n) is 19.6. The molecular weight excluding hydrogens is 460 g/mol. The number of amides is 3. The van der Waals surface area contributed by atoms with Crippen LogP contribution in [-0.4, -0.2) is 56.8 Å². The number of hydrogen-bond donors (Lipinski definition) is 0. The van der Waals surface area contributed by atoms with Crippen LogP contribution in [0.15, 0.2) is 79.0 Å². The maximum atomic E-state index is 13.8. The van der Waals surface area contributed by atoms with Gasteiger partial charge in [0.1, 0.15) is 5.54 Å².